The van der Waals surface area contributed by atoms with Gasteiger partial charge in [0.15, 0.2) is 9.84 Å². The van der Waals surface area contributed by atoms with Crippen molar-refractivity contribution in [2.45, 2.75) is 43.4 Å². The SMILES string of the molecule is CC1(C(=O)O)CC(C2CCCCS2(=O)=O)CN1. The first-order chi connectivity index (χ1) is 7.85. The molecule has 0 bridgehead atoms. The van der Waals surface area contributed by atoms with Crippen LogP contribution in [0.15, 0.2) is 0 Å². The van der Waals surface area contributed by atoms with Gasteiger partial charge in [-0.15, -0.1) is 0 Å². The van der Waals surface area contributed by atoms with Gasteiger partial charge >= 0.3 is 5.97 Å². The van der Waals surface area contributed by atoms with Crippen molar-refractivity contribution >= 4 is 15.8 Å². The molecule has 6 heteroatoms. The fourth-order valence-electron chi connectivity index (χ4n) is 2.96. The zero-order valence-corrected chi connectivity index (χ0v) is 10.8. The molecule has 3 unspecified atom stereocenters. The Morgan fingerprint density at radius 2 is 2.12 bits per heavy atom. The van der Waals surface area contributed by atoms with Crippen molar-refractivity contribution in [1.82, 2.24) is 5.32 Å². The summed E-state index contributed by atoms with van der Waals surface area (Å²) in [5.74, 6) is -0.688. The lowest BCUT2D eigenvalue weighted by molar-refractivity contribution is -0.143. The minimum atomic E-state index is -3.02. The van der Waals surface area contributed by atoms with Crippen molar-refractivity contribution in [2.24, 2.45) is 5.92 Å². The summed E-state index contributed by atoms with van der Waals surface area (Å²) in [6.07, 6.45) is 2.77. The van der Waals surface area contributed by atoms with Crippen LogP contribution in [0.1, 0.15) is 32.6 Å². The van der Waals surface area contributed by atoms with Crippen molar-refractivity contribution < 1.29 is 18.3 Å². The van der Waals surface area contributed by atoms with E-state index in [9.17, 15) is 13.2 Å². The molecular weight excluding hydrogens is 242 g/mol. The summed E-state index contributed by atoms with van der Waals surface area (Å²) in [4.78, 5) is 11.1. The Balaban J connectivity index is 2.13. The van der Waals surface area contributed by atoms with E-state index >= 15 is 0 Å². The molecule has 2 aliphatic heterocycles. The highest BCUT2D eigenvalue weighted by atomic mass is 32.2. The molecular formula is C11H19NO4S. The second-order valence-corrected chi connectivity index (χ2v) is 7.72. The van der Waals surface area contributed by atoms with E-state index in [1.165, 1.54) is 0 Å². The van der Waals surface area contributed by atoms with Crippen LogP contribution in [-0.4, -0.2) is 42.6 Å². The van der Waals surface area contributed by atoms with Crippen LogP contribution in [0, 0.1) is 5.92 Å². The third kappa shape index (κ3) is 2.33. The van der Waals surface area contributed by atoms with Gasteiger partial charge in [-0.3, -0.25) is 4.79 Å². The van der Waals surface area contributed by atoms with Crippen LogP contribution in [0.3, 0.4) is 0 Å². The molecule has 0 aromatic rings. The maximum absolute atomic E-state index is 12.0. The van der Waals surface area contributed by atoms with Crippen LogP contribution in [0.2, 0.25) is 0 Å². The molecule has 2 heterocycles. The summed E-state index contributed by atoms with van der Waals surface area (Å²) < 4.78 is 23.9. The van der Waals surface area contributed by atoms with Crippen LogP contribution in [0.5, 0.6) is 0 Å². The Morgan fingerprint density at radius 1 is 1.41 bits per heavy atom. The molecule has 2 rings (SSSR count). The zero-order chi connectivity index (χ0) is 12.7. The smallest absolute Gasteiger partial charge is 0.323 e. The molecule has 2 saturated heterocycles. The summed E-state index contributed by atoms with van der Waals surface area (Å²) in [5.41, 5.74) is -0.961. The minimum absolute atomic E-state index is 0.0543. The van der Waals surface area contributed by atoms with Gasteiger partial charge in [0, 0.05) is 6.54 Å². The van der Waals surface area contributed by atoms with Crippen molar-refractivity contribution in [3.8, 4) is 0 Å². The Kier molecular flexibility index (Phi) is 3.20. The number of carboxylic acid groups (broad SMARTS) is 1. The third-order valence-corrected chi connectivity index (χ3v) is 6.45. The van der Waals surface area contributed by atoms with Gasteiger partial charge < -0.3 is 10.4 Å². The van der Waals surface area contributed by atoms with Crippen LogP contribution in [0.4, 0.5) is 0 Å². The van der Waals surface area contributed by atoms with Gasteiger partial charge in [0.05, 0.1) is 11.0 Å². The van der Waals surface area contributed by atoms with Gasteiger partial charge in [-0.25, -0.2) is 8.42 Å². The number of aliphatic carboxylic acids is 1. The Hall–Kier alpha value is -0.620. The molecule has 17 heavy (non-hydrogen) atoms. The first-order valence-corrected chi connectivity index (χ1v) is 7.77. The lowest BCUT2D eigenvalue weighted by Gasteiger charge is -2.27. The van der Waals surface area contributed by atoms with Crippen molar-refractivity contribution in [3.63, 3.8) is 0 Å². The number of hydrogen-bond acceptors (Lipinski definition) is 4. The molecule has 0 aromatic carbocycles. The van der Waals surface area contributed by atoms with E-state index in [1.807, 2.05) is 0 Å². The predicted molar refractivity (Wildman–Crippen MR) is 63.6 cm³/mol. The number of carboxylic acids is 1. The second kappa shape index (κ2) is 4.24. The van der Waals surface area contributed by atoms with Gasteiger partial charge in [-0.2, -0.15) is 0 Å². The monoisotopic (exact) mass is 261 g/mol. The number of rotatable bonds is 2. The normalized spacial score (nSPS) is 41.2. The highest BCUT2D eigenvalue weighted by molar-refractivity contribution is 7.92. The number of hydrogen-bond donors (Lipinski definition) is 2. The van der Waals surface area contributed by atoms with Gasteiger partial charge in [0.2, 0.25) is 0 Å². The largest absolute Gasteiger partial charge is 0.480 e. The van der Waals surface area contributed by atoms with E-state index in [0.29, 0.717) is 19.4 Å². The molecule has 2 N–H and O–H groups in total. The molecule has 0 saturated carbocycles. The first-order valence-electron chi connectivity index (χ1n) is 6.05. The van der Waals surface area contributed by atoms with Crippen LogP contribution in [-0.2, 0) is 14.6 Å². The van der Waals surface area contributed by atoms with Gasteiger partial charge in [-0.05, 0) is 32.1 Å². The molecule has 0 spiro atoms. The van der Waals surface area contributed by atoms with E-state index in [0.717, 1.165) is 12.8 Å². The highest BCUT2D eigenvalue weighted by Gasteiger charge is 2.47. The van der Waals surface area contributed by atoms with Crippen molar-refractivity contribution in [1.29, 1.82) is 0 Å². The van der Waals surface area contributed by atoms with Crippen LogP contribution in [0.25, 0.3) is 0 Å². The maximum Gasteiger partial charge on any atom is 0.323 e. The average Bonchev–Trinajstić information content (AvgIpc) is 2.61. The van der Waals surface area contributed by atoms with Crippen LogP contribution < -0.4 is 5.32 Å². The average molecular weight is 261 g/mol. The van der Waals surface area contributed by atoms with Gasteiger partial charge in [0.25, 0.3) is 0 Å². The lowest BCUT2D eigenvalue weighted by atomic mass is 9.91. The summed E-state index contributed by atoms with van der Waals surface area (Å²) in [6, 6.07) is 0. The molecule has 0 amide bonds. The Morgan fingerprint density at radius 3 is 2.65 bits per heavy atom. The van der Waals surface area contributed by atoms with Crippen molar-refractivity contribution in [3.05, 3.63) is 0 Å². The lowest BCUT2D eigenvalue weighted by Crippen LogP contribution is -2.44. The number of sulfone groups is 1. The molecule has 0 radical (unpaired) electrons. The molecule has 2 aliphatic rings. The molecule has 5 nitrogen and oxygen atoms in total. The molecule has 98 valence electrons. The van der Waals surface area contributed by atoms with E-state index in [-0.39, 0.29) is 16.9 Å². The molecule has 3 atom stereocenters. The summed E-state index contributed by atoms with van der Waals surface area (Å²) in [6.45, 7) is 2.12. The molecule has 0 aromatic heterocycles. The van der Waals surface area contributed by atoms with Crippen LogP contribution >= 0.6 is 0 Å². The highest BCUT2D eigenvalue weighted by Crippen LogP contribution is 2.34. The van der Waals surface area contributed by atoms with E-state index in [1.54, 1.807) is 6.92 Å². The van der Waals surface area contributed by atoms with Crippen molar-refractivity contribution in [2.75, 3.05) is 12.3 Å². The fraction of sp³-hybridized carbons (Fsp3) is 0.909. The second-order valence-electron chi connectivity index (χ2n) is 5.38. The standard InChI is InChI=1S/C11H19NO4S/c1-11(10(13)14)6-8(7-12-11)9-4-2-3-5-17(9,15)16/h8-9,12H,2-7H2,1H3,(H,13,14). The number of carbonyl (C=O) groups is 1. The predicted octanol–water partition coefficient (Wildman–Crippen LogP) is 0.407. The van der Waals surface area contributed by atoms with E-state index < -0.39 is 21.3 Å². The third-order valence-electron chi connectivity index (χ3n) is 4.05. The summed E-state index contributed by atoms with van der Waals surface area (Å²) in [7, 11) is -3.02. The van der Waals surface area contributed by atoms with Gasteiger partial charge in [0.1, 0.15) is 5.54 Å². The Labute approximate surface area is 102 Å². The fourth-order valence-corrected chi connectivity index (χ4v) is 5.17. The molecule has 2 fully saturated rings. The zero-order valence-electron chi connectivity index (χ0n) is 9.98. The Bertz CT molecular complexity index is 419. The quantitative estimate of drug-likeness (QED) is 0.752. The molecule has 0 aliphatic carbocycles. The first kappa shape index (κ1) is 12.8. The van der Waals surface area contributed by atoms with E-state index in [2.05, 4.69) is 5.32 Å². The minimum Gasteiger partial charge on any atom is -0.480 e. The summed E-state index contributed by atoms with van der Waals surface area (Å²) >= 11 is 0. The maximum atomic E-state index is 12.0. The van der Waals surface area contributed by atoms with Gasteiger partial charge in [-0.1, -0.05) is 6.42 Å². The van der Waals surface area contributed by atoms with E-state index in [4.69, 9.17) is 5.11 Å². The topological polar surface area (TPSA) is 83.5 Å². The number of nitrogens with one attached hydrogen (secondary N) is 1. The summed E-state index contributed by atoms with van der Waals surface area (Å²) in [5, 5.41) is 11.7.